The number of carbonyl (C=O) groups excluding carboxylic acids is 1. The number of hydrogen-bond donors (Lipinski definition) is 1. The molecular weight excluding hydrogens is 341 g/mol. The van der Waals surface area contributed by atoms with Gasteiger partial charge in [-0.1, -0.05) is 30.3 Å². The van der Waals surface area contributed by atoms with Gasteiger partial charge in [0, 0.05) is 10.2 Å². The fraction of sp³-hybridized carbons (Fsp3) is 0.133. The second-order valence-electron chi connectivity index (χ2n) is 4.11. The Kier molecular flexibility index (Phi) is 5.61. The van der Waals surface area contributed by atoms with Gasteiger partial charge in [0.05, 0.1) is 11.4 Å². The zero-order chi connectivity index (χ0) is 14.4. The van der Waals surface area contributed by atoms with E-state index in [0.717, 1.165) is 10.2 Å². The van der Waals surface area contributed by atoms with Crippen molar-refractivity contribution in [1.82, 2.24) is 0 Å². The van der Waals surface area contributed by atoms with Gasteiger partial charge in [-0.3, -0.25) is 4.79 Å². The van der Waals surface area contributed by atoms with Crippen LogP contribution >= 0.6 is 27.7 Å². The predicted octanol–water partition coefficient (Wildman–Crippen LogP) is 4.46. The van der Waals surface area contributed by atoms with Gasteiger partial charge in [0.1, 0.15) is 5.82 Å². The third-order valence-corrected chi connectivity index (χ3v) is 4.27. The number of amides is 1. The average molecular weight is 354 g/mol. The Labute approximate surface area is 129 Å². The van der Waals surface area contributed by atoms with E-state index in [9.17, 15) is 9.18 Å². The molecule has 0 radical (unpaired) electrons. The highest BCUT2D eigenvalue weighted by molar-refractivity contribution is 9.10. The molecule has 2 rings (SSSR count). The number of carbonyl (C=O) groups is 1. The van der Waals surface area contributed by atoms with Gasteiger partial charge >= 0.3 is 0 Å². The van der Waals surface area contributed by atoms with Crippen LogP contribution in [-0.2, 0) is 10.5 Å². The number of rotatable bonds is 5. The van der Waals surface area contributed by atoms with Crippen LogP contribution in [0.4, 0.5) is 10.1 Å². The molecule has 0 aliphatic heterocycles. The maximum Gasteiger partial charge on any atom is 0.234 e. The number of para-hydroxylation sites is 1. The van der Waals surface area contributed by atoms with E-state index in [1.807, 2.05) is 24.3 Å². The first-order valence-corrected chi connectivity index (χ1v) is 7.97. The maximum atomic E-state index is 13.4. The van der Waals surface area contributed by atoms with Crippen molar-refractivity contribution in [3.05, 3.63) is 64.4 Å². The van der Waals surface area contributed by atoms with Gasteiger partial charge in [0.25, 0.3) is 0 Å². The molecule has 2 aromatic carbocycles. The SMILES string of the molecule is O=C(CSCc1ccccc1F)Nc1ccccc1Br. The van der Waals surface area contributed by atoms with Crippen LogP contribution in [0.15, 0.2) is 53.0 Å². The third-order valence-electron chi connectivity index (χ3n) is 2.60. The van der Waals surface area contributed by atoms with Crippen molar-refractivity contribution in [2.45, 2.75) is 5.75 Å². The minimum absolute atomic E-state index is 0.0989. The summed E-state index contributed by atoms with van der Waals surface area (Å²) in [5.41, 5.74) is 1.36. The molecule has 0 spiro atoms. The van der Waals surface area contributed by atoms with Crippen LogP contribution < -0.4 is 5.32 Å². The van der Waals surface area contributed by atoms with Gasteiger partial charge in [-0.15, -0.1) is 11.8 Å². The second kappa shape index (κ2) is 7.45. The normalized spacial score (nSPS) is 10.3. The van der Waals surface area contributed by atoms with Crippen LogP contribution in [0.5, 0.6) is 0 Å². The van der Waals surface area contributed by atoms with E-state index in [1.165, 1.54) is 17.8 Å². The molecule has 0 atom stereocenters. The summed E-state index contributed by atoms with van der Waals surface area (Å²) < 4.78 is 14.2. The second-order valence-corrected chi connectivity index (χ2v) is 5.95. The molecule has 0 aromatic heterocycles. The molecule has 0 heterocycles. The molecule has 5 heteroatoms. The van der Waals surface area contributed by atoms with Gasteiger partial charge in [-0.05, 0) is 39.7 Å². The fourth-order valence-electron chi connectivity index (χ4n) is 1.62. The van der Waals surface area contributed by atoms with Crippen molar-refractivity contribution in [2.24, 2.45) is 0 Å². The van der Waals surface area contributed by atoms with E-state index < -0.39 is 0 Å². The number of nitrogens with one attached hydrogen (secondary N) is 1. The molecule has 0 bridgehead atoms. The van der Waals surface area contributed by atoms with Gasteiger partial charge in [-0.2, -0.15) is 0 Å². The van der Waals surface area contributed by atoms with E-state index in [0.29, 0.717) is 11.3 Å². The molecule has 0 unspecified atom stereocenters. The van der Waals surface area contributed by atoms with Crippen LogP contribution in [-0.4, -0.2) is 11.7 Å². The van der Waals surface area contributed by atoms with E-state index in [2.05, 4.69) is 21.2 Å². The highest BCUT2D eigenvalue weighted by Crippen LogP contribution is 2.22. The van der Waals surface area contributed by atoms with Crippen LogP contribution in [0.3, 0.4) is 0 Å². The molecule has 2 nitrogen and oxygen atoms in total. The molecule has 1 amide bonds. The first-order chi connectivity index (χ1) is 9.66. The van der Waals surface area contributed by atoms with Gasteiger partial charge < -0.3 is 5.32 Å². The quantitative estimate of drug-likeness (QED) is 0.859. The number of halogens is 2. The van der Waals surface area contributed by atoms with Crippen LogP contribution in [0.1, 0.15) is 5.56 Å². The van der Waals surface area contributed by atoms with Gasteiger partial charge in [0.15, 0.2) is 0 Å². The topological polar surface area (TPSA) is 29.1 Å². The summed E-state index contributed by atoms with van der Waals surface area (Å²) >= 11 is 4.75. The molecule has 1 N–H and O–H groups in total. The summed E-state index contributed by atoms with van der Waals surface area (Å²) in [6.45, 7) is 0. The first kappa shape index (κ1) is 15.1. The zero-order valence-electron chi connectivity index (χ0n) is 10.6. The third kappa shape index (κ3) is 4.35. The van der Waals surface area contributed by atoms with E-state index in [4.69, 9.17) is 0 Å². The lowest BCUT2D eigenvalue weighted by atomic mass is 10.2. The van der Waals surface area contributed by atoms with Crippen LogP contribution in [0.2, 0.25) is 0 Å². The van der Waals surface area contributed by atoms with E-state index in [1.54, 1.807) is 18.2 Å². The van der Waals surface area contributed by atoms with Crippen molar-refractivity contribution in [3.8, 4) is 0 Å². The molecule has 2 aromatic rings. The lowest BCUT2D eigenvalue weighted by molar-refractivity contribution is -0.113. The summed E-state index contributed by atoms with van der Waals surface area (Å²) in [5, 5.41) is 2.81. The summed E-state index contributed by atoms with van der Waals surface area (Å²) in [4.78, 5) is 11.8. The molecule has 104 valence electrons. The van der Waals surface area contributed by atoms with Gasteiger partial charge in [0.2, 0.25) is 5.91 Å². The highest BCUT2D eigenvalue weighted by atomic mass is 79.9. The molecule has 0 fully saturated rings. The Morgan fingerprint density at radius 1 is 1.15 bits per heavy atom. The van der Waals surface area contributed by atoms with Crippen molar-refractivity contribution in [3.63, 3.8) is 0 Å². The monoisotopic (exact) mass is 353 g/mol. The largest absolute Gasteiger partial charge is 0.324 e. The van der Waals surface area contributed by atoms with Crippen molar-refractivity contribution in [1.29, 1.82) is 0 Å². The fourth-order valence-corrected chi connectivity index (χ4v) is 2.82. The summed E-state index contributed by atoms with van der Waals surface area (Å²) in [5.74, 6) is 0.440. The summed E-state index contributed by atoms with van der Waals surface area (Å²) in [7, 11) is 0. The van der Waals surface area contributed by atoms with Crippen LogP contribution in [0, 0.1) is 5.82 Å². The molecule has 0 saturated carbocycles. The molecule has 0 aliphatic rings. The van der Waals surface area contributed by atoms with Crippen molar-refractivity contribution >= 4 is 39.3 Å². The lowest BCUT2D eigenvalue weighted by Gasteiger charge is -2.07. The van der Waals surface area contributed by atoms with E-state index in [-0.39, 0.29) is 17.5 Å². The Bertz CT molecular complexity index is 606. The molecular formula is C15H13BrFNOS. The number of anilines is 1. The smallest absolute Gasteiger partial charge is 0.234 e. The summed E-state index contributed by atoms with van der Waals surface area (Å²) in [6, 6.07) is 14.0. The zero-order valence-corrected chi connectivity index (χ0v) is 13.0. The number of benzene rings is 2. The minimum atomic E-state index is -0.230. The Balaban J connectivity index is 1.82. The predicted molar refractivity (Wildman–Crippen MR) is 85.3 cm³/mol. The van der Waals surface area contributed by atoms with Crippen molar-refractivity contribution < 1.29 is 9.18 Å². The molecule has 0 aliphatic carbocycles. The lowest BCUT2D eigenvalue weighted by Crippen LogP contribution is -2.14. The van der Waals surface area contributed by atoms with Crippen molar-refractivity contribution in [2.75, 3.05) is 11.1 Å². The van der Waals surface area contributed by atoms with Crippen LogP contribution in [0.25, 0.3) is 0 Å². The van der Waals surface area contributed by atoms with E-state index >= 15 is 0 Å². The number of hydrogen-bond acceptors (Lipinski definition) is 2. The Morgan fingerprint density at radius 3 is 2.60 bits per heavy atom. The highest BCUT2D eigenvalue weighted by Gasteiger charge is 2.06. The first-order valence-electron chi connectivity index (χ1n) is 6.02. The standard InChI is InChI=1S/C15H13BrFNOS/c16-12-6-2-4-8-14(12)18-15(19)10-20-9-11-5-1-3-7-13(11)17/h1-8H,9-10H2,(H,18,19). The Hall–Kier alpha value is -1.33. The summed E-state index contributed by atoms with van der Waals surface area (Å²) in [6.07, 6.45) is 0. The minimum Gasteiger partial charge on any atom is -0.324 e. The number of thioether (sulfide) groups is 1. The Morgan fingerprint density at radius 2 is 1.85 bits per heavy atom. The maximum absolute atomic E-state index is 13.4. The average Bonchev–Trinajstić information content (AvgIpc) is 2.43. The molecule has 0 saturated heterocycles. The van der Waals surface area contributed by atoms with Gasteiger partial charge in [-0.25, -0.2) is 4.39 Å². The molecule has 20 heavy (non-hydrogen) atoms.